The van der Waals surface area contributed by atoms with Crippen molar-refractivity contribution in [1.29, 1.82) is 0 Å². The molecule has 0 aromatic heterocycles. The number of allylic oxidation sites excluding steroid dienone is 1. The molecule has 0 unspecified atom stereocenters. The van der Waals surface area contributed by atoms with Gasteiger partial charge in [0.05, 0.1) is 0 Å². The second-order valence-electron chi connectivity index (χ2n) is 5.59. The number of ether oxygens (including phenoxy) is 2. The van der Waals surface area contributed by atoms with Crippen molar-refractivity contribution < 1.29 is 9.47 Å². The molecule has 0 saturated heterocycles. The highest BCUT2D eigenvalue weighted by Crippen LogP contribution is 2.34. The molecule has 1 fully saturated rings. The molecule has 20 heavy (non-hydrogen) atoms. The molecule has 2 aliphatic rings. The molecular formula is C17H21ClO2. The predicted octanol–water partition coefficient (Wildman–Crippen LogP) is 4.66. The smallest absolute Gasteiger partial charge is 0.161 e. The predicted molar refractivity (Wildman–Crippen MR) is 82.7 cm³/mol. The average Bonchev–Trinajstić information content (AvgIpc) is 2.53. The van der Waals surface area contributed by atoms with E-state index in [1.165, 1.54) is 37.7 Å². The quantitative estimate of drug-likeness (QED) is 0.754. The lowest BCUT2D eigenvalue weighted by atomic mass is 9.83. The molecule has 3 heteroatoms. The van der Waals surface area contributed by atoms with Gasteiger partial charge in [0.15, 0.2) is 11.5 Å². The lowest BCUT2D eigenvalue weighted by molar-refractivity contribution is 0.171. The van der Waals surface area contributed by atoms with Crippen molar-refractivity contribution in [3.8, 4) is 11.5 Å². The van der Waals surface area contributed by atoms with Crippen molar-refractivity contribution >= 4 is 17.7 Å². The number of hydrogen-bond donors (Lipinski definition) is 0. The minimum Gasteiger partial charge on any atom is -0.486 e. The molecule has 1 saturated carbocycles. The third-order valence-electron chi connectivity index (χ3n) is 4.20. The van der Waals surface area contributed by atoms with Gasteiger partial charge < -0.3 is 9.47 Å². The SMILES string of the molecule is ClC/C(=C/c1ccc2c(c1)OCCO2)C1CCCCC1. The van der Waals surface area contributed by atoms with E-state index in [0.29, 0.717) is 25.0 Å². The fraction of sp³-hybridized carbons (Fsp3) is 0.529. The summed E-state index contributed by atoms with van der Waals surface area (Å²) in [6.07, 6.45) is 8.84. The molecule has 0 atom stereocenters. The Balaban J connectivity index is 1.81. The van der Waals surface area contributed by atoms with E-state index in [0.717, 1.165) is 17.1 Å². The highest BCUT2D eigenvalue weighted by molar-refractivity contribution is 6.19. The van der Waals surface area contributed by atoms with Crippen LogP contribution in [0.1, 0.15) is 37.7 Å². The summed E-state index contributed by atoms with van der Waals surface area (Å²) < 4.78 is 11.2. The first-order chi connectivity index (χ1) is 9.86. The van der Waals surface area contributed by atoms with Crippen LogP contribution >= 0.6 is 11.6 Å². The van der Waals surface area contributed by atoms with Gasteiger partial charge in [0, 0.05) is 5.88 Å². The molecule has 1 aliphatic heterocycles. The standard InChI is InChI=1S/C17H21ClO2/c18-12-15(14-4-2-1-3-5-14)10-13-6-7-16-17(11-13)20-9-8-19-16/h6-7,10-11,14H,1-5,8-9,12H2/b15-10-. The molecule has 3 rings (SSSR count). The van der Waals surface area contributed by atoms with E-state index in [1.807, 2.05) is 6.07 Å². The van der Waals surface area contributed by atoms with Gasteiger partial charge in [-0.25, -0.2) is 0 Å². The molecular weight excluding hydrogens is 272 g/mol. The van der Waals surface area contributed by atoms with Crippen molar-refractivity contribution in [1.82, 2.24) is 0 Å². The monoisotopic (exact) mass is 292 g/mol. The lowest BCUT2D eigenvalue weighted by Gasteiger charge is -2.24. The van der Waals surface area contributed by atoms with Gasteiger partial charge >= 0.3 is 0 Å². The number of hydrogen-bond acceptors (Lipinski definition) is 2. The van der Waals surface area contributed by atoms with Crippen LogP contribution in [-0.2, 0) is 0 Å². The second kappa shape index (κ2) is 6.53. The Morgan fingerprint density at radius 3 is 2.60 bits per heavy atom. The number of fused-ring (bicyclic) bond motifs is 1. The molecule has 0 bridgehead atoms. The molecule has 1 aromatic carbocycles. The summed E-state index contributed by atoms with van der Waals surface area (Å²) in [5.41, 5.74) is 2.53. The molecule has 0 N–H and O–H groups in total. The van der Waals surface area contributed by atoms with E-state index in [4.69, 9.17) is 21.1 Å². The van der Waals surface area contributed by atoms with Gasteiger partial charge in [0.2, 0.25) is 0 Å². The summed E-state index contributed by atoms with van der Waals surface area (Å²) in [6.45, 7) is 1.27. The summed E-state index contributed by atoms with van der Waals surface area (Å²) in [7, 11) is 0. The molecule has 1 aliphatic carbocycles. The van der Waals surface area contributed by atoms with Crippen LogP contribution in [0.25, 0.3) is 6.08 Å². The molecule has 0 amide bonds. The van der Waals surface area contributed by atoms with Gasteiger partial charge in [0.1, 0.15) is 13.2 Å². The van der Waals surface area contributed by atoms with E-state index in [9.17, 15) is 0 Å². The van der Waals surface area contributed by atoms with Crippen LogP contribution in [0.4, 0.5) is 0 Å². The zero-order chi connectivity index (χ0) is 13.8. The van der Waals surface area contributed by atoms with Crippen LogP contribution in [-0.4, -0.2) is 19.1 Å². The minimum absolute atomic E-state index is 0.624. The molecule has 2 nitrogen and oxygen atoms in total. The normalized spacial score (nSPS) is 19.9. The number of rotatable bonds is 3. The zero-order valence-electron chi connectivity index (χ0n) is 11.7. The summed E-state index contributed by atoms with van der Waals surface area (Å²) in [4.78, 5) is 0. The first-order valence-corrected chi connectivity index (χ1v) is 8.06. The van der Waals surface area contributed by atoms with Crippen LogP contribution in [0, 0.1) is 5.92 Å². The summed E-state index contributed by atoms with van der Waals surface area (Å²) in [5.74, 6) is 2.98. The molecule has 0 radical (unpaired) electrons. The lowest BCUT2D eigenvalue weighted by Crippen LogP contribution is -2.15. The van der Waals surface area contributed by atoms with E-state index in [1.54, 1.807) is 0 Å². The average molecular weight is 293 g/mol. The van der Waals surface area contributed by atoms with Gasteiger partial charge in [0.25, 0.3) is 0 Å². The van der Waals surface area contributed by atoms with Gasteiger partial charge in [-0.2, -0.15) is 0 Å². The third kappa shape index (κ3) is 3.12. The highest BCUT2D eigenvalue weighted by atomic mass is 35.5. The van der Waals surface area contributed by atoms with Crippen molar-refractivity contribution in [3.63, 3.8) is 0 Å². The van der Waals surface area contributed by atoms with Gasteiger partial charge in [-0.1, -0.05) is 37.0 Å². The first-order valence-electron chi connectivity index (χ1n) is 7.53. The van der Waals surface area contributed by atoms with Crippen molar-refractivity contribution in [3.05, 3.63) is 29.3 Å². The highest BCUT2D eigenvalue weighted by Gasteiger charge is 2.17. The zero-order valence-corrected chi connectivity index (χ0v) is 12.5. The van der Waals surface area contributed by atoms with Crippen molar-refractivity contribution in [2.75, 3.05) is 19.1 Å². The minimum atomic E-state index is 0.624. The number of alkyl halides is 1. The summed E-state index contributed by atoms with van der Waals surface area (Å²) in [5, 5.41) is 0. The Bertz CT molecular complexity index is 490. The van der Waals surface area contributed by atoms with E-state index in [2.05, 4.69) is 18.2 Å². The maximum absolute atomic E-state index is 6.17. The van der Waals surface area contributed by atoms with Gasteiger partial charge in [-0.05, 0) is 36.5 Å². The Labute approximate surface area is 125 Å². The third-order valence-corrected chi connectivity index (χ3v) is 4.51. The summed E-state index contributed by atoms with van der Waals surface area (Å²) >= 11 is 6.17. The molecule has 1 aromatic rings. The van der Waals surface area contributed by atoms with Crippen LogP contribution < -0.4 is 9.47 Å². The van der Waals surface area contributed by atoms with Crippen LogP contribution in [0.15, 0.2) is 23.8 Å². The van der Waals surface area contributed by atoms with Crippen LogP contribution in [0.3, 0.4) is 0 Å². The number of halogens is 1. The summed E-state index contributed by atoms with van der Waals surface area (Å²) in [6, 6.07) is 6.14. The van der Waals surface area contributed by atoms with Gasteiger partial charge in [-0.15, -0.1) is 11.6 Å². The Morgan fingerprint density at radius 2 is 1.85 bits per heavy atom. The van der Waals surface area contributed by atoms with Crippen molar-refractivity contribution in [2.24, 2.45) is 5.92 Å². The maximum atomic E-state index is 6.17. The molecule has 0 spiro atoms. The van der Waals surface area contributed by atoms with E-state index < -0.39 is 0 Å². The Kier molecular flexibility index (Phi) is 4.51. The molecule has 108 valence electrons. The fourth-order valence-electron chi connectivity index (χ4n) is 3.10. The second-order valence-corrected chi connectivity index (χ2v) is 5.86. The molecule has 1 heterocycles. The Hall–Kier alpha value is -1.15. The number of benzene rings is 1. The van der Waals surface area contributed by atoms with Crippen LogP contribution in [0.2, 0.25) is 0 Å². The largest absolute Gasteiger partial charge is 0.486 e. The van der Waals surface area contributed by atoms with Crippen molar-refractivity contribution in [2.45, 2.75) is 32.1 Å². The fourth-order valence-corrected chi connectivity index (χ4v) is 3.40. The Morgan fingerprint density at radius 1 is 1.10 bits per heavy atom. The van der Waals surface area contributed by atoms with E-state index in [-0.39, 0.29) is 0 Å². The van der Waals surface area contributed by atoms with E-state index >= 15 is 0 Å². The van der Waals surface area contributed by atoms with Crippen LogP contribution in [0.5, 0.6) is 11.5 Å². The topological polar surface area (TPSA) is 18.5 Å². The van der Waals surface area contributed by atoms with Gasteiger partial charge in [-0.3, -0.25) is 0 Å². The maximum Gasteiger partial charge on any atom is 0.161 e. The first kappa shape index (κ1) is 13.8.